The fourth-order valence-corrected chi connectivity index (χ4v) is 3.69. The maximum atomic E-state index is 9.27. The van der Waals surface area contributed by atoms with Gasteiger partial charge >= 0.3 is 0 Å². The monoisotopic (exact) mass is 357 g/mol. The van der Waals surface area contributed by atoms with Gasteiger partial charge in [0, 0.05) is 23.1 Å². The molecule has 5 nitrogen and oxygen atoms in total. The molecule has 0 bridgehead atoms. The lowest BCUT2D eigenvalue weighted by Gasteiger charge is -2.34. The van der Waals surface area contributed by atoms with Crippen LogP contribution in [-0.4, -0.2) is 24.4 Å². The first-order valence-corrected chi connectivity index (χ1v) is 8.66. The molecule has 0 saturated heterocycles. The van der Waals surface area contributed by atoms with Crippen molar-refractivity contribution in [1.29, 1.82) is 5.26 Å². The van der Waals surface area contributed by atoms with Crippen molar-refractivity contribution in [3.8, 4) is 17.6 Å². The molecule has 0 saturated carbocycles. The number of fused-ring (bicyclic) bond motifs is 1. The molecule has 134 valence electrons. The summed E-state index contributed by atoms with van der Waals surface area (Å²) in [6.45, 7) is 0. The maximum Gasteiger partial charge on any atom is 0.169 e. The summed E-state index contributed by atoms with van der Waals surface area (Å²) in [4.78, 5) is 0. The molecule has 4 rings (SSSR count). The van der Waals surface area contributed by atoms with Crippen LogP contribution in [0.15, 0.2) is 54.6 Å². The van der Waals surface area contributed by atoms with Gasteiger partial charge in [0.05, 0.1) is 14.2 Å². The molecule has 1 aromatic heterocycles. The van der Waals surface area contributed by atoms with Crippen LogP contribution < -0.4 is 9.47 Å². The number of rotatable bonds is 4. The number of allylic oxidation sites excluding steroid dienone is 1. The van der Waals surface area contributed by atoms with E-state index in [0.29, 0.717) is 12.1 Å². The van der Waals surface area contributed by atoms with E-state index in [1.165, 1.54) is 0 Å². The molecule has 0 spiro atoms. The number of aromatic nitrogens is 2. The van der Waals surface area contributed by atoms with E-state index in [0.717, 1.165) is 33.9 Å². The Morgan fingerprint density at radius 3 is 2.00 bits per heavy atom. The Hall–Kier alpha value is -3.52. The third-order valence-electron chi connectivity index (χ3n) is 5.19. The van der Waals surface area contributed by atoms with E-state index in [-0.39, 0.29) is 5.41 Å². The zero-order valence-corrected chi connectivity index (χ0v) is 15.2. The molecule has 1 N–H and O–H groups in total. The summed E-state index contributed by atoms with van der Waals surface area (Å²) in [7, 11) is 3.32. The lowest BCUT2D eigenvalue weighted by molar-refractivity contribution is 0.414. The number of methoxy groups -OCH3 is 2. The van der Waals surface area contributed by atoms with E-state index in [2.05, 4.69) is 46.6 Å². The van der Waals surface area contributed by atoms with E-state index >= 15 is 0 Å². The minimum absolute atomic E-state index is 0.370. The lowest BCUT2D eigenvalue weighted by atomic mass is 9.68. The highest BCUT2D eigenvalue weighted by molar-refractivity contribution is 5.66. The number of hydrogen-bond donors (Lipinski definition) is 1. The van der Waals surface area contributed by atoms with Crippen molar-refractivity contribution < 1.29 is 9.47 Å². The van der Waals surface area contributed by atoms with Crippen molar-refractivity contribution in [3.63, 3.8) is 0 Å². The van der Waals surface area contributed by atoms with Gasteiger partial charge < -0.3 is 9.47 Å². The predicted octanol–water partition coefficient (Wildman–Crippen LogP) is 3.85. The molecule has 2 aromatic carbocycles. The van der Waals surface area contributed by atoms with E-state index in [9.17, 15) is 5.26 Å². The smallest absolute Gasteiger partial charge is 0.169 e. The number of aromatic amines is 1. The number of nitrogens with one attached hydrogen (secondary N) is 1. The predicted molar refractivity (Wildman–Crippen MR) is 103 cm³/mol. The Kier molecular flexibility index (Phi) is 4.17. The number of hydrogen-bond acceptors (Lipinski definition) is 4. The molecule has 3 aromatic rings. The van der Waals surface area contributed by atoms with Gasteiger partial charge in [0.1, 0.15) is 17.6 Å². The second-order valence-corrected chi connectivity index (χ2v) is 6.51. The first kappa shape index (κ1) is 16.9. The Morgan fingerprint density at radius 2 is 1.52 bits per heavy atom. The molecule has 27 heavy (non-hydrogen) atoms. The maximum absolute atomic E-state index is 9.27. The highest BCUT2D eigenvalue weighted by Crippen LogP contribution is 2.42. The average Bonchev–Trinajstić information content (AvgIpc) is 3.15. The van der Waals surface area contributed by atoms with E-state index < -0.39 is 0 Å². The first-order valence-electron chi connectivity index (χ1n) is 8.66. The van der Waals surface area contributed by atoms with E-state index in [1.807, 2.05) is 30.3 Å². The third-order valence-corrected chi connectivity index (χ3v) is 5.19. The largest absolute Gasteiger partial charge is 0.497 e. The summed E-state index contributed by atoms with van der Waals surface area (Å²) in [6.07, 6.45) is 4.84. The Morgan fingerprint density at radius 1 is 0.963 bits per heavy atom. The summed E-state index contributed by atoms with van der Waals surface area (Å²) in [5.74, 6) is 1.63. The third kappa shape index (κ3) is 2.76. The SMILES string of the molecule is COc1ccc(C2(c3ccc(OC)cc3)C=Cc3c(C#N)n[nH]c3C2)cc1. The lowest BCUT2D eigenvalue weighted by Crippen LogP contribution is -2.30. The minimum atomic E-state index is -0.370. The second kappa shape index (κ2) is 6.65. The van der Waals surface area contributed by atoms with Crippen LogP contribution in [0.2, 0.25) is 0 Å². The summed E-state index contributed by atoms with van der Waals surface area (Å²) in [5, 5.41) is 16.5. The standard InChI is InChI=1S/C22H19N3O2/c1-26-17-7-3-15(4-8-17)22(16-5-9-18(27-2)10-6-16)12-11-19-20(13-22)24-25-21(19)14-23/h3-12H,13H2,1-2H3,(H,24,25). The molecular weight excluding hydrogens is 338 g/mol. The van der Waals surface area contributed by atoms with Crippen molar-refractivity contribution in [2.45, 2.75) is 11.8 Å². The molecule has 5 heteroatoms. The van der Waals surface area contributed by atoms with Crippen LogP contribution in [0.4, 0.5) is 0 Å². The molecule has 0 radical (unpaired) electrons. The fourth-order valence-electron chi connectivity index (χ4n) is 3.69. The zero-order valence-electron chi connectivity index (χ0n) is 15.2. The van der Waals surface area contributed by atoms with Crippen LogP contribution in [0.5, 0.6) is 11.5 Å². The van der Waals surface area contributed by atoms with Gasteiger partial charge in [0.2, 0.25) is 0 Å². The van der Waals surface area contributed by atoms with Gasteiger partial charge in [-0.25, -0.2) is 0 Å². The highest BCUT2D eigenvalue weighted by Gasteiger charge is 2.36. The van der Waals surface area contributed by atoms with Gasteiger partial charge in [0.25, 0.3) is 0 Å². The van der Waals surface area contributed by atoms with Crippen molar-refractivity contribution in [1.82, 2.24) is 10.2 Å². The van der Waals surface area contributed by atoms with Crippen LogP contribution >= 0.6 is 0 Å². The second-order valence-electron chi connectivity index (χ2n) is 6.51. The van der Waals surface area contributed by atoms with Crippen molar-refractivity contribution in [3.05, 3.63) is 82.7 Å². The van der Waals surface area contributed by atoms with Crippen LogP contribution in [-0.2, 0) is 11.8 Å². The molecule has 1 aliphatic rings. The zero-order chi connectivity index (χ0) is 18.9. The summed E-state index contributed by atoms with van der Waals surface area (Å²) < 4.78 is 10.6. The average molecular weight is 357 g/mol. The summed E-state index contributed by atoms with van der Waals surface area (Å²) >= 11 is 0. The highest BCUT2D eigenvalue weighted by atomic mass is 16.5. The number of nitrogens with zero attached hydrogens (tertiary/aromatic N) is 2. The van der Waals surface area contributed by atoms with Gasteiger partial charge in [-0.2, -0.15) is 10.4 Å². The summed E-state index contributed by atoms with van der Waals surface area (Å²) in [5.41, 5.74) is 4.17. The Balaban J connectivity index is 1.86. The molecule has 1 aliphatic carbocycles. The molecule has 0 fully saturated rings. The number of H-pyrrole nitrogens is 1. The molecule has 1 heterocycles. The Bertz CT molecular complexity index is 977. The minimum Gasteiger partial charge on any atom is -0.497 e. The van der Waals surface area contributed by atoms with Crippen LogP contribution in [0, 0.1) is 11.3 Å². The number of ether oxygens (including phenoxy) is 2. The van der Waals surface area contributed by atoms with Crippen molar-refractivity contribution in [2.75, 3.05) is 14.2 Å². The fraction of sp³-hybridized carbons (Fsp3) is 0.182. The van der Waals surface area contributed by atoms with E-state index in [4.69, 9.17) is 9.47 Å². The topological polar surface area (TPSA) is 70.9 Å². The van der Waals surface area contributed by atoms with Crippen molar-refractivity contribution >= 4 is 6.08 Å². The first-order chi connectivity index (χ1) is 13.2. The van der Waals surface area contributed by atoms with Gasteiger partial charge in [-0.05, 0) is 35.4 Å². The van der Waals surface area contributed by atoms with Gasteiger partial charge in [0.15, 0.2) is 5.69 Å². The van der Waals surface area contributed by atoms with Crippen LogP contribution in [0.25, 0.3) is 6.08 Å². The quantitative estimate of drug-likeness (QED) is 0.770. The molecular formula is C22H19N3O2. The Labute approximate surface area is 157 Å². The molecule has 0 amide bonds. The molecule has 0 atom stereocenters. The number of benzene rings is 2. The summed E-state index contributed by atoms with van der Waals surface area (Å²) in [6, 6.07) is 18.4. The van der Waals surface area contributed by atoms with Gasteiger partial charge in [-0.3, -0.25) is 5.10 Å². The normalized spacial score (nSPS) is 14.3. The van der Waals surface area contributed by atoms with Crippen molar-refractivity contribution in [2.24, 2.45) is 0 Å². The molecule has 0 unspecified atom stereocenters. The van der Waals surface area contributed by atoms with Crippen LogP contribution in [0.1, 0.15) is 28.1 Å². The molecule has 0 aliphatic heterocycles. The van der Waals surface area contributed by atoms with Gasteiger partial charge in [-0.1, -0.05) is 36.4 Å². The van der Waals surface area contributed by atoms with E-state index in [1.54, 1.807) is 14.2 Å². The van der Waals surface area contributed by atoms with Crippen LogP contribution in [0.3, 0.4) is 0 Å². The number of nitriles is 1. The van der Waals surface area contributed by atoms with Gasteiger partial charge in [-0.15, -0.1) is 0 Å².